The van der Waals surface area contributed by atoms with Crippen molar-refractivity contribution in [3.63, 3.8) is 0 Å². The number of aliphatic hydroxyl groups excluding tert-OH is 1. The van der Waals surface area contributed by atoms with Gasteiger partial charge in [-0.2, -0.15) is 13.2 Å². The van der Waals surface area contributed by atoms with E-state index < -0.39 is 22.9 Å². The molecule has 1 unspecified atom stereocenters. The number of nitrogens with zero attached hydrogens (tertiary/aromatic N) is 2. The van der Waals surface area contributed by atoms with Crippen LogP contribution >= 0.6 is 0 Å². The molecule has 1 aromatic rings. The van der Waals surface area contributed by atoms with Crippen molar-refractivity contribution in [2.24, 2.45) is 16.9 Å². The normalized spacial score (nSPS) is 21.3. The predicted octanol–water partition coefficient (Wildman–Crippen LogP) is 2.96. The van der Waals surface area contributed by atoms with Gasteiger partial charge in [-0.15, -0.1) is 0 Å². The average Bonchev–Trinajstić information content (AvgIpc) is 2.82. The zero-order chi connectivity index (χ0) is 28.3. The number of nitrogens with two attached hydrogens (primary N) is 2. The van der Waals surface area contributed by atoms with Crippen molar-refractivity contribution in [2.75, 3.05) is 32.7 Å². The van der Waals surface area contributed by atoms with Crippen molar-refractivity contribution < 1.29 is 28.2 Å². The van der Waals surface area contributed by atoms with E-state index in [4.69, 9.17) is 11.5 Å². The molecule has 8 nitrogen and oxygen atoms in total. The molecule has 1 amide bonds. The monoisotopic (exact) mass is 539 g/mol. The molecular formula is C27H40F3N5O3. The summed E-state index contributed by atoms with van der Waals surface area (Å²) in [4.78, 5) is 17.2. The molecule has 1 atom stereocenters. The minimum absolute atomic E-state index is 0.0459. The molecule has 0 aromatic heterocycles. The van der Waals surface area contributed by atoms with E-state index in [1.165, 1.54) is 0 Å². The lowest BCUT2D eigenvalue weighted by molar-refractivity contribution is -0.143. The number of amides is 1. The summed E-state index contributed by atoms with van der Waals surface area (Å²) in [5, 5.41) is 23.1. The van der Waals surface area contributed by atoms with E-state index in [2.05, 4.69) is 10.2 Å². The molecule has 3 rings (SSSR count). The van der Waals surface area contributed by atoms with Gasteiger partial charge in [-0.05, 0) is 82.8 Å². The Balaban J connectivity index is 1.61. The number of carbonyl (C=O) groups is 1. The highest BCUT2D eigenvalue weighted by Gasteiger charge is 2.36. The lowest BCUT2D eigenvalue weighted by Crippen LogP contribution is -2.53. The van der Waals surface area contributed by atoms with Gasteiger partial charge in [0.2, 0.25) is 5.91 Å². The van der Waals surface area contributed by atoms with Crippen LogP contribution < -0.4 is 16.8 Å². The number of aliphatic hydroxyl groups is 1. The Kier molecular flexibility index (Phi) is 9.25. The standard InChI is InChI=1S/C27H40F3N5O3/c1-17(24(32)21-7-6-18(14-22(21)37)27(28,29)30)13-23(31)33-19-5-4-10-34(15-19)16-26(2,3)25(38)35-11-8-20(36)9-12-35/h6-7,13-14,19-20,33,36-37H,4-5,8-12,15-16,31-32H2,1-3H3/b23-13+,24-17-. The summed E-state index contributed by atoms with van der Waals surface area (Å²) in [7, 11) is 0. The van der Waals surface area contributed by atoms with Crippen LogP contribution in [0.5, 0.6) is 5.75 Å². The van der Waals surface area contributed by atoms with Gasteiger partial charge in [0.25, 0.3) is 0 Å². The molecule has 2 aliphatic rings. The third-order valence-corrected chi connectivity index (χ3v) is 7.24. The van der Waals surface area contributed by atoms with Gasteiger partial charge in [0, 0.05) is 43.5 Å². The Bertz CT molecular complexity index is 1060. The smallest absolute Gasteiger partial charge is 0.416 e. The van der Waals surface area contributed by atoms with Gasteiger partial charge in [0.1, 0.15) is 5.75 Å². The Morgan fingerprint density at radius 1 is 1.16 bits per heavy atom. The number of hydrogen-bond donors (Lipinski definition) is 5. The van der Waals surface area contributed by atoms with Gasteiger partial charge in [-0.3, -0.25) is 4.79 Å². The second kappa shape index (κ2) is 11.9. The maximum atomic E-state index is 13.1. The van der Waals surface area contributed by atoms with Gasteiger partial charge in [0.05, 0.1) is 22.9 Å². The summed E-state index contributed by atoms with van der Waals surface area (Å²) in [6.07, 6.45) is -0.248. The third kappa shape index (κ3) is 7.57. The number of aromatic hydroxyl groups is 1. The van der Waals surface area contributed by atoms with Gasteiger partial charge >= 0.3 is 6.18 Å². The van der Waals surface area contributed by atoms with Crippen molar-refractivity contribution in [2.45, 2.75) is 64.8 Å². The first-order valence-electron chi connectivity index (χ1n) is 13.0. The Hall–Kier alpha value is -2.92. The number of phenols is 1. The van der Waals surface area contributed by atoms with Crippen LogP contribution in [-0.2, 0) is 11.0 Å². The predicted molar refractivity (Wildman–Crippen MR) is 140 cm³/mol. The van der Waals surface area contributed by atoms with Crippen LogP contribution in [0.1, 0.15) is 57.6 Å². The molecule has 38 heavy (non-hydrogen) atoms. The maximum absolute atomic E-state index is 13.1. The molecule has 212 valence electrons. The Labute approximate surface area is 222 Å². The molecular weight excluding hydrogens is 499 g/mol. The highest BCUT2D eigenvalue weighted by molar-refractivity contribution is 5.82. The fourth-order valence-electron chi connectivity index (χ4n) is 5.18. The van der Waals surface area contributed by atoms with E-state index in [0.29, 0.717) is 56.5 Å². The fourth-order valence-corrected chi connectivity index (χ4v) is 5.18. The average molecular weight is 540 g/mol. The molecule has 2 fully saturated rings. The third-order valence-electron chi connectivity index (χ3n) is 7.24. The Morgan fingerprint density at radius 3 is 2.42 bits per heavy atom. The second-order valence-corrected chi connectivity index (χ2v) is 11.1. The zero-order valence-corrected chi connectivity index (χ0v) is 22.3. The molecule has 1 aromatic carbocycles. The molecule has 2 saturated heterocycles. The summed E-state index contributed by atoms with van der Waals surface area (Å²) in [6, 6.07) is 2.71. The van der Waals surface area contributed by atoms with Crippen molar-refractivity contribution in [3.05, 3.63) is 46.8 Å². The van der Waals surface area contributed by atoms with E-state index in [1.807, 2.05) is 18.7 Å². The molecule has 7 N–H and O–H groups in total. The first kappa shape index (κ1) is 29.6. The second-order valence-electron chi connectivity index (χ2n) is 11.1. The van der Waals surface area contributed by atoms with Gasteiger partial charge in [-0.25, -0.2) is 0 Å². The molecule has 0 spiro atoms. The number of piperidine rings is 2. The summed E-state index contributed by atoms with van der Waals surface area (Å²) < 4.78 is 38.7. The van der Waals surface area contributed by atoms with Crippen LogP contribution in [0.15, 0.2) is 35.7 Å². The molecule has 2 heterocycles. The highest BCUT2D eigenvalue weighted by atomic mass is 19.4. The van der Waals surface area contributed by atoms with E-state index in [-0.39, 0.29) is 29.3 Å². The molecule has 0 radical (unpaired) electrons. The minimum atomic E-state index is -4.56. The summed E-state index contributed by atoms with van der Waals surface area (Å²) >= 11 is 0. The number of hydrogen-bond acceptors (Lipinski definition) is 7. The number of allylic oxidation sites excluding steroid dienone is 2. The lowest BCUT2D eigenvalue weighted by Gasteiger charge is -2.40. The largest absolute Gasteiger partial charge is 0.507 e. The summed E-state index contributed by atoms with van der Waals surface area (Å²) in [5.41, 5.74) is 11.5. The number of halogens is 3. The van der Waals surface area contributed by atoms with E-state index >= 15 is 0 Å². The number of carbonyl (C=O) groups excluding carboxylic acids is 1. The number of nitrogens with one attached hydrogen (secondary N) is 1. The first-order valence-corrected chi connectivity index (χ1v) is 13.0. The lowest BCUT2D eigenvalue weighted by atomic mass is 9.88. The Morgan fingerprint density at radius 2 is 1.82 bits per heavy atom. The van der Waals surface area contributed by atoms with Gasteiger partial charge < -0.3 is 36.8 Å². The summed E-state index contributed by atoms with van der Waals surface area (Å²) in [5.74, 6) is -0.106. The topological polar surface area (TPSA) is 128 Å². The highest BCUT2D eigenvalue weighted by Crippen LogP contribution is 2.34. The van der Waals surface area contributed by atoms with Crippen molar-refractivity contribution in [1.29, 1.82) is 0 Å². The zero-order valence-electron chi connectivity index (χ0n) is 22.3. The molecule has 0 aliphatic carbocycles. The first-order chi connectivity index (χ1) is 17.7. The number of phenolic OH excluding ortho intramolecular Hbond substituents is 1. The number of benzene rings is 1. The maximum Gasteiger partial charge on any atom is 0.416 e. The van der Waals surface area contributed by atoms with Crippen molar-refractivity contribution in [3.8, 4) is 5.75 Å². The van der Waals surface area contributed by atoms with Crippen molar-refractivity contribution >= 4 is 11.6 Å². The van der Waals surface area contributed by atoms with Gasteiger partial charge in [0.15, 0.2) is 0 Å². The van der Waals surface area contributed by atoms with E-state index in [1.54, 1.807) is 13.0 Å². The molecule has 11 heteroatoms. The van der Waals surface area contributed by atoms with E-state index in [0.717, 1.165) is 31.5 Å². The molecule has 0 bridgehead atoms. The minimum Gasteiger partial charge on any atom is -0.507 e. The number of rotatable bonds is 7. The molecule has 0 saturated carbocycles. The van der Waals surface area contributed by atoms with Crippen LogP contribution in [0.3, 0.4) is 0 Å². The SMILES string of the molecule is CC(/C=C(\N)NC1CCCN(CC(C)(C)C(=O)N2CCC(O)CC2)C1)=C(/N)c1ccc(C(F)(F)F)cc1O. The van der Waals surface area contributed by atoms with Crippen molar-refractivity contribution in [1.82, 2.24) is 15.1 Å². The van der Waals surface area contributed by atoms with Gasteiger partial charge in [-0.1, -0.05) is 0 Å². The van der Waals surface area contributed by atoms with Crippen LogP contribution in [0, 0.1) is 5.41 Å². The van der Waals surface area contributed by atoms with Crippen LogP contribution in [-0.4, -0.2) is 70.8 Å². The van der Waals surface area contributed by atoms with Crippen LogP contribution in [0.4, 0.5) is 13.2 Å². The number of alkyl halides is 3. The fraction of sp³-hybridized carbons (Fsp3) is 0.593. The summed E-state index contributed by atoms with van der Waals surface area (Å²) in [6.45, 7) is 8.91. The van der Waals surface area contributed by atoms with Crippen LogP contribution in [0.25, 0.3) is 5.70 Å². The molecule has 2 aliphatic heterocycles. The van der Waals surface area contributed by atoms with Crippen LogP contribution in [0.2, 0.25) is 0 Å². The quantitative estimate of drug-likeness (QED) is 0.337. The number of likely N-dealkylation sites (tertiary alicyclic amines) is 2. The van der Waals surface area contributed by atoms with E-state index in [9.17, 15) is 28.2 Å².